The Morgan fingerprint density at radius 1 is 1.25 bits per heavy atom. The van der Waals surface area contributed by atoms with Crippen molar-refractivity contribution in [1.82, 2.24) is 34.0 Å². The highest BCUT2D eigenvalue weighted by atomic mass is 19.3. The van der Waals surface area contributed by atoms with Gasteiger partial charge in [0.25, 0.3) is 6.43 Å². The van der Waals surface area contributed by atoms with E-state index in [2.05, 4.69) is 31.9 Å². The second-order valence-electron chi connectivity index (χ2n) is 9.78. The SMILES string of the molecule is CC1(N2CC[C@@H](F)C2)CCC1.[B]c1cc(-c2ccc3nc(C)n(CC(F)F)c3n2)c2cnc(N)nn12. The van der Waals surface area contributed by atoms with Crippen LogP contribution in [0.2, 0.25) is 0 Å². The molecule has 2 N–H and O–H groups in total. The van der Waals surface area contributed by atoms with Gasteiger partial charge < -0.3 is 10.3 Å². The number of nitrogens with zero attached hydrogens (tertiary/aromatic N) is 7. The lowest BCUT2D eigenvalue weighted by Gasteiger charge is -2.46. The van der Waals surface area contributed by atoms with E-state index >= 15 is 0 Å². The molecule has 0 spiro atoms. The summed E-state index contributed by atoms with van der Waals surface area (Å²) in [5, 5.41) is 4.06. The quantitative estimate of drug-likeness (QED) is 0.437. The first kappa shape index (κ1) is 24.5. The second-order valence-corrected chi connectivity index (χ2v) is 9.78. The smallest absolute Gasteiger partial charge is 0.256 e. The lowest BCUT2D eigenvalue weighted by Crippen LogP contribution is -2.50. The van der Waals surface area contributed by atoms with Gasteiger partial charge in [0, 0.05) is 24.2 Å². The highest BCUT2D eigenvalue weighted by Gasteiger charge is 2.41. The number of alkyl halides is 3. The molecule has 1 saturated carbocycles. The number of pyridine rings is 1. The average molecular weight is 496 g/mol. The molecule has 36 heavy (non-hydrogen) atoms. The van der Waals surface area contributed by atoms with Crippen LogP contribution >= 0.6 is 0 Å². The van der Waals surface area contributed by atoms with Crippen LogP contribution in [0, 0.1) is 6.92 Å². The Morgan fingerprint density at radius 2 is 2.03 bits per heavy atom. The summed E-state index contributed by atoms with van der Waals surface area (Å²) in [6.45, 7) is 5.16. The van der Waals surface area contributed by atoms with Crippen molar-refractivity contribution < 1.29 is 13.2 Å². The Hall–Kier alpha value is -3.15. The minimum Gasteiger partial charge on any atom is -0.367 e. The molecule has 1 aliphatic carbocycles. The topological polar surface area (TPSA) is 90.2 Å². The number of imidazole rings is 1. The fourth-order valence-electron chi connectivity index (χ4n) is 5.07. The molecule has 1 aliphatic heterocycles. The Bertz CT molecular complexity index is 1400. The lowest BCUT2D eigenvalue weighted by molar-refractivity contribution is 0.0488. The number of hydrogen-bond acceptors (Lipinski definition) is 6. The maximum atomic E-state index is 12.9. The van der Waals surface area contributed by atoms with Crippen molar-refractivity contribution in [2.24, 2.45) is 0 Å². The Labute approximate surface area is 208 Å². The van der Waals surface area contributed by atoms with E-state index in [0.717, 1.165) is 13.0 Å². The van der Waals surface area contributed by atoms with Gasteiger partial charge in [0.2, 0.25) is 5.95 Å². The number of aryl methyl sites for hydroxylation is 1. The molecule has 2 radical (unpaired) electrons. The van der Waals surface area contributed by atoms with Crippen molar-refractivity contribution in [2.75, 3.05) is 18.8 Å². The number of hydrogen-bond donors (Lipinski definition) is 1. The van der Waals surface area contributed by atoms with E-state index in [4.69, 9.17) is 13.6 Å². The average Bonchev–Trinajstić information content (AvgIpc) is 3.48. The third kappa shape index (κ3) is 4.54. The molecular formula is C24H28BF3N8. The van der Waals surface area contributed by atoms with Crippen molar-refractivity contribution >= 4 is 36.1 Å². The maximum Gasteiger partial charge on any atom is 0.256 e. The third-order valence-electron chi connectivity index (χ3n) is 7.27. The van der Waals surface area contributed by atoms with Gasteiger partial charge in [-0.1, -0.05) is 0 Å². The van der Waals surface area contributed by atoms with Crippen LogP contribution < -0.4 is 11.3 Å². The number of nitrogen functional groups attached to an aromatic ring is 1. The van der Waals surface area contributed by atoms with Crippen molar-refractivity contribution in [2.45, 2.75) is 64.2 Å². The monoisotopic (exact) mass is 496 g/mol. The van der Waals surface area contributed by atoms with Gasteiger partial charge in [-0.3, -0.25) is 4.90 Å². The van der Waals surface area contributed by atoms with Gasteiger partial charge in [0.05, 0.1) is 24.0 Å². The van der Waals surface area contributed by atoms with Crippen LogP contribution in [0.1, 0.15) is 38.4 Å². The first-order valence-corrected chi connectivity index (χ1v) is 12.1. The largest absolute Gasteiger partial charge is 0.367 e. The van der Waals surface area contributed by atoms with Crippen molar-refractivity contribution in [3.8, 4) is 11.3 Å². The van der Waals surface area contributed by atoms with Crippen LogP contribution in [0.5, 0.6) is 0 Å². The first-order valence-electron chi connectivity index (χ1n) is 12.1. The first-order chi connectivity index (χ1) is 17.1. The molecule has 5 heterocycles. The molecule has 6 rings (SSSR count). The molecule has 0 aromatic carbocycles. The zero-order valence-corrected chi connectivity index (χ0v) is 20.3. The van der Waals surface area contributed by atoms with E-state index in [1.807, 2.05) is 0 Å². The van der Waals surface area contributed by atoms with Crippen LogP contribution in [0.25, 0.3) is 27.9 Å². The van der Waals surface area contributed by atoms with Gasteiger partial charge in [-0.25, -0.2) is 32.6 Å². The second kappa shape index (κ2) is 9.38. The number of halogens is 3. The molecule has 1 atom stereocenters. The molecule has 2 fully saturated rings. The van der Waals surface area contributed by atoms with Crippen LogP contribution in [-0.4, -0.2) is 73.1 Å². The highest BCUT2D eigenvalue weighted by Crippen LogP contribution is 2.39. The van der Waals surface area contributed by atoms with E-state index in [1.165, 1.54) is 28.3 Å². The van der Waals surface area contributed by atoms with Crippen molar-refractivity contribution in [1.29, 1.82) is 0 Å². The van der Waals surface area contributed by atoms with Crippen LogP contribution in [0.3, 0.4) is 0 Å². The van der Waals surface area contributed by atoms with Gasteiger partial charge in [-0.15, -0.1) is 5.10 Å². The number of rotatable bonds is 4. The van der Waals surface area contributed by atoms with Gasteiger partial charge >= 0.3 is 0 Å². The predicted molar refractivity (Wildman–Crippen MR) is 133 cm³/mol. The van der Waals surface area contributed by atoms with Crippen LogP contribution in [-0.2, 0) is 6.54 Å². The molecule has 12 heteroatoms. The van der Waals surface area contributed by atoms with Gasteiger partial charge in [0.15, 0.2) is 5.65 Å². The Kier molecular flexibility index (Phi) is 6.40. The summed E-state index contributed by atoms with van der Waals surface area (Å²) < 4.78 is 41.4. The van der Waals surface area contributed by atoms with Gasteiger partial charge in [0.1, 0.15) is 25.4 Å². The standard InChI is InChI=1S/C15H12BF2N7.C9H16FN/c1-7-21-10-3-2-9(22-14(10)24(7)6-13(17)18)8-4-12(16)25-11(8)5-20-15(19)23-25;1-9(4-2-5-9)11-6-3-8(10)7-11/h2-5,13H,6H2,1H3,(H2,19,23);8H,2-7H2,1H3/t;8-/m.1/s1. The third-order valence-corrected chi connectivity index (χ3v) is 7.27. The van der Waals surface area contributed by atoms with E-state index in [1.54, 1.807) is 31.3 Å². The number of likely N-dealkylation sites (tertiary alicyclic amines) is 1. The van der Waals surface area contributed by atoms with Crippen molar-refractivity contribution in [3.63, 3.8) is 0 Å². The minimum absolute atomic E-state index is 0.0930. The zero-order chi connectivity index (χ0) is 25.6. The highest BCUT2D eigenvalue weighted by molar-refractivity contribution is 6.32. The van der Waals surface area contributed by atoms with Crippen LogP contribution in [0.4, 0.5) is 19.1 Å². The molecule has 0 amide bonds. The zero-order valence-electron chi connectivity index (χ0n) is 20.3. The van der Waals surface area contributed by atoms with E-state index < -0.39 is 19.1 Å². The summed E-state index contributed by atoms with van der Waals surface area (Å²) in [5.74, 6) is 0.577. The number of nitrogens with two attached hydrogens (primary N) is 1. The summed E-state index contributed by atoms with van der Waals surface area (Å²) in [5.41, 5.74) is 9.15. The van der Waals surface area contributed by atoms with Crippen molar-refractivity contribution in [3.05, 3.63) is 30.2 Å². The summed E-state index contributed by atoms with van der Waals surface area (Å²) in [4.78, 5) is 15.1. The van der Waals surface area contributed by atoms with E-state index in [9.17, 15) is 13.2 Å². The molecular weight excluding hydrogens is 468 g/mol. The number of fused-ring (bicyclic) bond motifs is 2. The Balaban J connectivity index is 0.000000202. The number of aromatic nitrogens is 6. The molecule has 0 unspecified atom stereocenters. The molecule has 2 aliphatic rings. The summed E-state index contributed by atoms with van der Waals surface area (Å²) in [7, 11) is 5.97. The lowest BCUT2D eigenvalue weighted by atomic mass is 9.77. The van der Waals surface area contributed by atoms with Gasteiger partial charge in [-0.2, -0.15) is 0 Å². The summed E-state index contributed by atoms with van der Waals surface area (Å²) >= 11 is 0. The molecule has 188 valence electrons. The van der Waals surface area contributed by atoms with Gasteiger partial charge in [-0.05, 0) is 63.3 Å². The number of anilines is 1. The minimum atomic E-state index is -2.50. The molecule has 8 nitrogen and oxygen atoms in total. The molecule has 4 aromatic rings. The normalized spacial score (nSPS) is 19.6. The Morgan fingerprint density at radius 3 is 2.67 bits per heavy atom. The fraction of sp³-hybridized carbons (Fsp3) is 0.500. The molecule has 1 saturated heterocycles. The molecule has 4 aromatic heterocycles. The van der Waals surface area contributed by atoms with E-state index in [0.29, 0.717) is 51.4 Å². The predicted octanol–water partition coefficient (Wildman–Crippen LogP) is 3.06. The molecule has 0 bridgehead atoms. The summed E-state index contributed by atoms with van der Waals surface area (Å²) in [6.07, 6.45) is 3.15. The fourth-order valence-corrected chi connectivity index (χ4v) is 5.07. The van der Waals surface area contributed by atoms with Crippen LogP contribution in [0.15, 0.2) is 24.4 Å². The maximum absolute atomic E-state index is 12.9. The summed E-state index contributed by atoms with van der Waals surface area (Å²) in [6, 6.07) is 5.19. The van der Waals surface area contributed by atoms with E-state index in [-0.39, 0.29) is 5.95 Å².